The van der Waals surface area contributed by atoms with Crippen molar-refractivity contribution in [1.82, 2.24) is 15.3 Å². The topological polar surface area (TPSA) is 59.4 Å². The van der Waals surface area contributed by atoms with Crippen molar-refractivity contribution in [3.05, 3.63) is 30.6 Å². The number of nitrogens with zero attached hydrogens (tertiary/aromatic N) is 3. The van der Waals surface area contributed by atoms with Gasteiger partial charge in [0, 0.05) is 17.6 Å². The number of aliphatic imine (C=N–C) groups is 1. The van der Waals surface area contributed by atoms with Crippen LogP contribution in [0.5, 0.6) is 5.75 Å². The minimum atomic E-state index is 0.708. The second-order valence-electron chi connectivity index (χ2n) is 3.93. The van der Waals surface area contributed by atoms with Crippen LogP contribution in [0.15, 0.2) is 40.6 Å². The number of hydrogen-bond acceptors (Lipinski definition) is 6. The van der Waals surface area contributed by atoms with Crippen molar-refractivity contribution < 1.29 is 4.74 Å². The van der Waals surface area contributed by atoms with E-state index in [4.69, 9.17) is 4.74 Å². The van der Waals surface area contributed by atoms with E-state index in [0.29, 0.717) is 5.75 Å². The van der Waals surface area contributed by atoms with Crippen LogP contribution in [0.25, 0.3) is 11.3 Å². The van der Waals surface area contributed by atoms with Crippen molar-refractivity contribution in [2.24, 2.45) is 4.99 Å². The molecule has 2 heterocycles. The van der Waals surface area contributed by atoms with Crippen LogP contribution >= 0.6 is 11.8 Å². The summed E-state index contributed by atoms with van der Waals surface area (Å²) < 4.78 is 5.18. The number of rotatable bonds is 6. The second kappa shape index (κ2) is 7.02. The zero-order valence-corrected chi connectivity index (χ0v) is 12.3. The minimum absolute atomic E-state index is 0.708. The first kappa shape index (κ1) is 14.5. The maximum Gasteiger partial charge on any atom is 0.137 e. The zero-order chi connectivity index (χ0) is 14.4. The lowest BCUT2D eigenvalue weighted by Gasteiger charge is -2.08. The van der Waals surface area contributed by atoms with Gasteiger partial charge in [0.2, 0.25) is 0 Å². The standard InChI is InChI=1S/C14H16N4OS/c1-15-9-20-14-13(16-2)5-4-12(18-14)10-6-11(19-3)8-17-7-10/h4-8,15H,2,9H2,1,3H3. The van der Waals surface area contributed by atoms with Gasteiger partial charge >= 0.3 is 0 Å². The highest BCUT2D eigenvalue weighted by Crippen LogP contribution is 2.30. The molecule has 0 spiro atoms. The molecule has 0 aliphatic heterocycles. The van der Waals surface area contributed by atoms with Gasteiger partial charge in [-0.1, -0.05) is 11.8 Å². The van der Waals surface area contributed by atoms with E-state index in [2.05, 4.69) is 27.0 Å². The molecule has 5 nitrogen and oxygen atoms in total. The molecule has 20 heavy (non-hydrogen) atoms. The Kier molecular flexibility index (Phi) is 5.09. The maximum absolute atomic E-state index is 5.18. The van der Waals surface area contributed by atoms with Crippen molar-refractivity contribution in [3.63, 3.8) is 0 Å². The van der Waals surface area contributed by atoms with Crippen LogP contribution in [-0.2, 0) is 0 Å². The molecular weight excluding hydrogens is 272 g/mol. The Balaban J connectivity index is 2.38. The van der Waals surface area contributed by atoms with Crippen LogP contribution in [0.1, 0.15) is 0 Å². The number of nitrogens with one attached hydrogen (secondary N) is 1. The van der Waals surface area contributed by atoms with E-state index in [1.807, 2.05) is 25.2 Å². The minimum Gasteiger partial charge on any atom is -0.495 e. The van der Waals surface area contributed by atoms with Crippen LogP contribution < -0.4 is 10.1 Å². The van der Waals surface area contributed by atoms with Crippen molar-refractivity contribution in [2.75, 3.05) is 20.0 Å². The first-order valence-corrected chi connectivity index (χ1v) is 7.01. The maximum atomic E-state index is 5.18. The van der Waals surface area contributed by atoms with E-state index < -0.39 is 0 Å². The van der Waals surface area contributed by atoms with Crippen molar-refractivity contribution in [3.8, 4) is 17.0 Å². The summed E-state index contributed by atoms with van der Waals surface area (Å²) in [5.74, 6) is 1.47. The number of aromatic nitrogens is 2. The fraction of sp³-hybridized carbons (Fsp3) is 0.214. The molecule has 2 rings (SSSR count). The van der Waals surface area contributed by atoms with Crippen LogP contribution in [0.2, 0.25) is 0 Å². The Labute approximate surface area is 122 Å². The van der Waals surface area contributed by atoms with Gasteiger partial charge in [-0.15, -0.1) is 0 Å². The van der Waals surface area contributed by atoms with Gasteiger partial charge in [-0.25, -0.2) is 4.98 Å². The number of hydrogen-bond donors (Lipinski definition) is 1. The smallest absolute Gasteiger partial charge is 0.137 e. The molecule has 0 saturated carbocycles. The Hall–Kier alpha value is -1.92. The van der Waals surface area contributed by atoms with Crippen LogP contribution in [0.3, 0.4) is 0 Å². The van der Waals surface area contributed by atoms with Gasteiger partial charge in [0.1, 0.15) is 10.8 Å². The molecule has 0 saturated heterocycles. The molecule has 0 amide bonds. The molecule has 0 bridgehead atoms. The van der Waals surface area contributed by atoms with Crippen molar-refractivity contribution in [2.45, 2.75) is 5.03 Å². The molecule has 0 radical (unpaired) electrons. The molecule has 2 aromatic rings. The van der Waals surface area contributed by atoms with Gasteiger partial charge in [0.25, 0.3) is 0 Å². The summed E-state index contributed by atoms with van der Waals surface area (Å²) in [6, 6.07) is 5.72. The summed E-state index contributed by atoms with van der Waals surface area (Å²) >= 11 is 1.58. The predicted octanol–water partition coefficient (Wildman–Crippen LogP) is 2.75. The van der Waals surface area contributed by atoms with Gasteiger partial charge in [-0.2, -0.15) is 0 Å². The third-order valence-corrected chi connectivity index (χ3v) is 3.62. The van der Waals surface area contributed by atoms with Gasteiger partial charge in [0.15, 0.2) is 0 Å². The van der Waals surface area contributed by atoms with Crippen molar-refractivity contribution >= 4 is 24.2 Å². The molecule has 6 heteroatoms. The largest absolute Gasteiger partial charge is 0.495 e. The van der Waals surface area contributed by atoms with Crippen LogP contribution in [-0.4, -0.2) is 36.7 Å². The quantitative estimate of drug-likeness (QED) is 0.503. The molecule has 0 unspecified atom stereocenters. The molecule has 0 aliphatic carbocycles. The molecule has 0 aromatic carbocycles. The average molecular weight is 288 g/mol. The van der Waals surface area contributed by atoms with Gasteiger partial charge < -0.3 is 10.1 Å². The average Bonchev–Trinajstić information content (AvgIpc) is 2.52. The van der Waals surface area contributed by atoms with E-state index in [1.54, 1.807) is 31.3 Å². The van der Waals surface area contributed by atoms with E-state index in [0.717, 1.165) is 27.8 Å². The number of ether oxygens (including phenoxy) is 1. The van der Waals surface area contributed by atoms with Crippen LogP contribution in [0.4, 0.5) is 5.69 Å². The summed E-state index contributed by atoms with van der Waals surface area (Å²) in [5, 5.41) is 3.92. The molecule has 1 N–H and O–H groups in total. The number of methoxy groups -OCH3 is 1. The fourth-order valence-electron chi connectivity index (χ4n) is 1.63. The summed E-state index contributed by atoms with van der Waals surface area (Å²) in [6.07, 6.45) is 3.43. The molecule has 0 aliphatic rings. The zero-order valence-electron chi connectivity index (χ0n) is 11.5. The highest BCUT2D eigenvalue weighted by molar-refractivity contribution is 7.99. The monoisotopic (exact) mass is 288 g/mol. The summed E-state index contributed by atoms with van der Waals surface area (Å²) in [5.41, 5.74) is 2.53. The van der Waals surface area contributed by atoms with E-state index in [9.17, 15) is 0 Å². The Morgan fingerprint density at radius 1 is 1.40 bits per heavy atom. The molecule has 0 fully saturated rings. The fourth-order valence-corrected chi connectivity index (χ4v) is 2.36. The van der Waals surface area contributed by atoms with Gasteiger partial charge in [-0.05, 0) is 32.0 Å². The van der Waals surface area contributed by atoms with Gasteiger partial charge in [-0.3, -0.25) is 9.98 Å². The third-order valence-electron chi connectivity index (χ3n) is 2.61. The molecule has 104 valence electrons. The molecule has 2 aromatic heterocycles. The Morgan fingerprint density at radius 2 is 2.25 bits per heavy atom. The van der Waals surface area contributed by atoms with Crippen LogP contribution in [0, 0.1) is 0 Å². The highest BCUT2D eigenvalue weighted by Gasteiger charge is 2.08. The van der Waals surface area contributed by atoms with E-state index >= 15 is 0 Å². The summed E-state index contributed by atoms with van der Waals surface area (Å²) in [7, 11) is 3.51. The second-order valence-corrected chi connectivity index (χ2v) is 4.90. The number of thioether (sulfide) groups is 1. The number of pyridine rings is 2. The predicted molar refractivity (Wildman–Crippen MR) is 83.0 cm³/mol. The molecule has 0 atom stereocenters. The third kappa shape index (κ3) is 3.34. The Bertz CT molecular complexity index is 603. The summed E-state index contributed by atoms with van der Waals surface area (Å²) in [4.78, 5) is 12.8. The normalized spacial score (nSPS) is 10.3. The summed E-state index contributed by atoms with van der Waals surface area (Å²) in [6.45, 7) is 3.57. The Morgan fingerprint density at radius 3 is 2.95 bits per heavy atom. The first-order chi connectivity index (χ1) is 9.78. The van der Waals surface area contributed by atoms with Crippen molar-refractivity contribution in [1.29, 1.82) is 0 Å². The van der Waals surface area contributed by atoms with E-state index in [-0.39, 0.29) is 0 Å². The van der Waals surface area contributed by atoms with E-state index in [1.165, 1.54) is 0 Å². The first-order valence-electron chi connectivity index (χ1n) is 6.03. The highest BCUT2D eigenvalue weighted by atomic mass is 32.2. The lowest BCUT2D eigenvalue weighted by molar-refractivity contribution is 0.413. The lowest BCUT2D eigenvalue weighted by Crippen LogP contribution is -2.03. The lowest BCUT2D eigenvalue weighted by atomic mass is 10.2. The molecular formula is C14H16N4OS. The van der Waals surface area contributed by atoms with Gasteiger partial charge in [0.05, 0.1) is 24.7 Å². The SMILES string of the molecule is C=Nc1ccc(-c2cncc(OC)c2)nc1SCNC.